The molecule has 0 radical (unpaired) electrons. The van der Waals surface area contributed by atoms with Crippen LogP contribution in [0.15, 0.2) is 66.7 Å². The molecule has 3 aromatic carbocycles. The second kappa shape index (κ2) is 10.4. The van der Waals surface area contributed by atoms with Crippen LogP contribution in [0.25, 0.3) is 0 Å². The van der Waals surface area contributed by atoms with Gasteiger partial charge >= 0.3 is 0 Å². The lowest BCUT2D eigenvalue weighted by atomic mass is 9.92. The molecule has 1 fully saturated rings. The van der Waals surface area contributed by atoms with Gasteiger partial charge in [-0.15, -0.1) is 0 Å². The van der Waals surface area contributed by atoms with Crippen LogP contribution in [-0.4, -0.2) is 37.6 Å². The van der Waals surface area contributed by atoms with Gasteiger partial charge in [-0.25, -0.2) is 0 Å². The Hall–Kier alpha value is -2.78. The number of ether oxygens (including phenoxy) is 1. The normalized spacial score (nSPS) is 16.5. The molecule has 1 aliphatic carbocycles. The molecule has 0 spiro atoms. The summed E-state index contributed by atoms with van der Waals surface area (Å²) in [5.74, 6) is 1.00. The average molecular weight is 441 g/mol. The van der Waals surface area contributed by atoms with Gasteiger partial charge in [0.2, 0.25) is 0 Å². The summed E-state index contributed by atoms with van der Waals surface area (Å²) in [5.41, 5.74) is 8.34. The number of anilines is 1. The highest BCUT2D eigenvalue weighted by molar-refractivity contribution is 5.48. The van der Waals surface area contributed by atoms with Crippen LogP contribution in [0.3, 0.4) is 0 Å². The van der Waals surface area contributed by atoms with E-state index in [1.165, 1.54) is 59.2 Å². The lowest BCUT2D eigenvalue weighted by Crippen LogP contribution is -2.47. The van der Waals surface area contributed by atoms with E-state index in [9.17, 15) is 0 Å². The molecule has 3 aromatic rings. The summed E-state index contributed by atoms with van der Waals surface area (Å²) < 4.78 is 6.09. The maximum absolute atomic E-state index is 6.09. The maximum atomic E-state index is 6.09. The Balaban J connectivity index is 1.06. The van der Waals surface area contributed by atoms with Crippen molar-refractivity contribution in [3.63, 3.8) is 0 Å². The highest BCUT2D eigenvalue weighted by atomic mass is 16.5. The van der Waals surface area contributed by atoms with E-state index in [4.69, 9.17) is 4.74 Å². The molecule has 0 N–H and O–H groups in total. The fourth-order valence-electron chi connectivity index (χ4n) is 5.11. The molecule has 1 saturated heterocycles. The van der Waals surface area contributed by atoms with E-state index in [-0.39, 0.29) is 0 Å². The van der Waals surface area contributed by atoms with Crippen molar-refractivity contribution in [2.45, 2.75) is 45.6 Å². The first-order valence-electron chi connectivity index (χ1n) is 12.6. The summed E-state index contributed by atoms with van der Waals surface area (Å²) in [7, 11) is 0. The van der Waals surface area contributed by atoms with Gasteiger partial charge in [-0.2, -0.15) is 0 Å². The molecule has 33 heavy (non-hydrogen) atoms. The van der Waals surface area contributed by atoms with Gasteiger partial charge in [-0.3, -0.25) is 4.90 Å². The summed E-state index contributed by atoms with van der Waals surface area (Å²) in [6, 6.07) is 24.5. The number of rotatable bonds is 7. The van der Waals surface area contributed by atoms with Crippen LogP contribution < -0.4 is 9.64 Å². The van der Waals surface area contributed by atoms with E-state index in [2.05, 4.69) is 83.5 Å². The van der Waals surface area contributed by atoms with Gasteiger partial charge in [0.25, 0.3) is 0 Å². The molecule has 0 amide bonds. The topological polar surface area (TPSA) is 15.7 Å². The highest BCUT2D eigenvalue weighted by Gasteiger charge is 2.17. The Morgan fingerprint density at radius 1 is 0.758 bits per heavy atom. The van der Waals surface area contributed by atoms with Crippen molar-refractivity contribution in [1.29, 1.82) is 0 Å². The fraction of sp³-hybridized carbons (Fsp3) is 0.400. The van der Waals surface area contributed by atoms with Crippen LogP contribution in [-0.2, 0) is 25.9 Å². The zero-order valence-corrected chi connectivity index (χ0v) is 19.9. The van der Waals surface area contributed by atoms with Gasteiger partial charge in [0.15, 0.2) is 0 Å². The molecule has 0 saturated carbocycles. The predicted octanol–water partition coefficient (Wildman–Crippen LogP) is 5.82. The minimum Gasteiger partial charge on any atom is -0.489 e. The van der Waals surface area contributed by atoms with Crippen molar-refractivity contribution in [2.24, 2.45) is 0 Å². The first-order chi connectivity index (χ1) is 16.2. The van der Waals surface area contributed by atoms with Crippen LogP contribution >= 0.6 is 0 Å². The molecule has 3 heteroatoms. The molecule has 172 valence electrons. The van der Waals surface area contributed by atoms with Crippen molar-refractivity contribution in [2.75, 3.05) is 37.6 Å². The first-order valence-corrected chi connectivity index (χ1v) is 12.6. The number of fused-ring (bicyclic) bond motifs is 1. The number of nitrogens with zero attached hydrogens (tertiary/aromatic N) is 2. The molecule has 0 atom stereocenters. The monoisotopic (exact) mass is 440 g/mol. The number of piperazine rings is 1. The summed E-state index contributed by atoms with van der Waals surface area (Å²) in [6.07, 6.45) is 6.15. The quantitative estimate of drug-likeness (QED) is 0.461. The predicted molar refractivity (Wildman–Crippen MR) is 137 cm³/mol. The van der Waals surface area contributed by atoms with Gasteiger partial charge in [-0.05, 0) is 91.1 Å². The average Bonchev–Trinajstić information content (AvgIpc) is 2.87. The molecule has 3 nitrogen and oxygen atoms in total. The minimum absolute atomic E-state index is 0.639. The molecular formula is C30H36N2O. The Morgan fingerprint density at radius 2 is 1.52 bits per heavy atom. The van der Waals surface area contributed by atoms with Crippen molar-refractivity contribution in [3.8, 4) is 5.75 Å². The third-order valence-electron chi connectivity index (χ3n) is 7.20. The van der Waals surface area contributed by atoms with Crippen LogP contribution in [0.4, 0.5) is 5.69 Å². The van der Waals surface area contributed by atoms with Gasteiger partial charge < -0.3 is 9.64 Å². The van der Waals surface area contributed by atoms with Crippen molar-refractivity contribution in [1.82, 2.24) is 4.90 Å². The van der Waals surface area contributed by atoms with E-state index in [0.717, 1.165) is 44.9 Å². The highest BCUT2D eigenvalue weighted by Crippen LogP contribution is 2.26. The van der Waals surface area contributed by atoms with E-state index in [1.54, 1.807) is 0 Å². The number of aryl methyl sites for hydroxylation is 3. The Morgan fingerprint density at radius 3 is 2.30 bits per heavy atom. The summed E-state index contributed by atoms with van der Waals surface area (Å²) in [6.45, 7) is 8.45. The molecule has 1 aliphatic heterocycles. The molecular weight excluding hydrogens is 404 g/mol. The summed E-state index contributed by atoms with van der Waals surface area (Å²) >= 11 is 0. The van der Waals surface area contributed by atoms with Gasteiger partial charge in [-0.1, -0.05) is 42.5 Å². The fourth-order valence-corrected chi connectivity index (χ4v) is 5.11. The smallest absolute Gasteiger partial charge is 0.120 e. The summed E-state index contributed by atoms with van der Waals surface area (Å²) in [4.78, 5) is 5.11. The van der Waals surface area contributed by atoms with Crippen LogP contribution in [0.2, 0.25) is 0 Å². The number of hydrogen-bond acceptors (Lipinski definition) is 3. The maximum Gasteiger partial charge on any atom is 0.120 e. The van der Waals surface area contributed by atoms with Gasteiger partial charge in [0, 0.05) is 38.4 Å². The van der Waals surface area contributed by atoms with Crippen molar-refractivity contribution < 1.29 is 4.74 Å². The lowest BCUT2D eigenvalue weighted by molar-refractivity contribution is 0.261. The third kappa shape index (κ3) is 5.78. The second-order valence-electron chi connectivity index (χ2n) is 9.66. The zero-order valence-electron chi connectivity index (χ0n) is 19.9. The van der Waals surface area contributed by atoms with E-state index in [0.29, 0.717) is 6.61 Å². The third-order valence-corrected chi connectivity index (χ3v) is 7.20. The standard InChI is InChI=1S/C30H36N2O/c1-24-5-4-8-29(21-24)32-19-17-31(18-20-32)16-15-25-9-11-26(12-10-25)23-33-30-14-13-27-6-2-3-7-28(27)22-30/h4-5,8-14,21-22H,2-3,6-7,15-20,23H2,1H3. The molecule has 1 heterocycles. The number of benzene rings is 3. The Bertz CT molecular complexity index is 1050. The van der Waals surface area contributed by atoms with E-state index in [1.807, 2.05) is 0 Å². The molecule has 0 bridgehead atoms. The molecule has 2 aliphatic rings. The number of hydrogen-bond donors (Lipinski definition) is 0. The van der Waals surface area contributed by atoms with Crippen molar-refractivity contribution in [3.05, 3.63) is 94.5 Å². The van der Waals surface area contributed by atoms with E-state index >= 15 is 0 Å². The summed E-state index contributed by atoms with van der Waals surface area (Å²) in [5, 5.41) is 0. The van der Waals surface area contributed by atoms with Crippen molar-refractivity contribution >= 4 is 5.69 Å². The zero-order chi connectivity index (χ0) is 22.5. The molecule has 0 unspecified atom stereocenters. The Labute approximate surface area is 199 Å². The molecule has 5 rings (SSSR count). The Kier molecular flexibility index (Phi) is 6.97. The van der Waals surface area contributed by atoms with Gasteiger partial charge in [0.05, 0.1) is 0 Å². The molecule has 0 aromatic heterocycles. The lowest BCUT2D eigenvalue weighted by Gasteiger charge is -2.36. The van der Waals surface area contributed by atoms with Crippen LogP contribution in [0, 0.1) is 6.92 Å². The second-order valence-corrected chi connectivity index (χ2v) is 9.66. The minimum atomic E-state index is 0.639. The van der Waals surface area contributed by atoms with Gasteiger partial charge in [0.1, 0.15) is 12.4 Å². The van der Waals surface area contributed by atoms with Crippen LogP contribution in [0.1, 0.15) is 40.7 Å². The SMILES string of the molecule is Cc1cccc(N2CCN(CCc3ccc(COc4ccc5c(c4)CCCC5)cc3)CC2)c1. The van der Waals surface area contributed by atoms with E-state index < -0.39 is 0 Å². The first kappa shape index (κ1) is 22.0. The largest absolute Gasteiger partial charge is 0.489 e. The van der Waals surface area contributed by atoms with Crippen LogP contribution in [0.5, 0.6) is 5.75 Å².